The molecule has 1 fully saturated rings. The van der Waals surface area contributed by atoms with Crippen LogP contribution in [0.1, 0.15) is 13.8 Å². The number of aromatic nitrogens is 1. The molecule has 18 heavy (non-hydrogen) atoms. The van der Waals surface area contributed by atoms with Gasteiger partial charge in [-0.15, -0.1) is 0 Å². The first-order chi connectivity index (χ1) is 8.31. The topological polar surface area (TPSA) is 76.3 Å². The van der Waals surface area contributed by atoms with E-state index < -0.39 is 10.0 Å². The Balaban J connectivity index is 2.28. The first-order valence-electron chi connectivity index (χ1n) is 5.67. The van der Waals surface area contributed by atoms with Gasteiger partial charge in [-0.2, -0.15) is 16.1 Å². The standard InChI is InChI=1S/C11H17N3O2S2/c1-11(2)8-14(5-6-17-11)18(15,16)9-3-4-10(12)13-7-9/h3-4,7H,5-6,8H2,1-2H3,(H2,12,13). The summed E-state index contributed by atoms with van der Waals surface area (Å²) in [7, 11) is -3.45. The lowest BCUT2D eigenvalue weighted by atomic mass is 10.2. The van der Waals surface area contributed by atoms with Crippen LogP contribution in [-0.4, -0.2) is 41.3 Å². The predicted octanol–water partition coefficient (Wildman–Crippen LogP) is 1.18. The number of anilines is 1. The second-order valence-corrected chi connectivity index (χ2v) is 8.61. The molecular weight excluding hydrogens is 270 g/mol. The van der Waals surface area contributed by atoms with Crippen molar-refractivity contribution in [3.05, 3.63) is 18.3 Å². The third kappa shape index (κ3) is 2.78. The lowest BCUT2D eigenvalue weighted by Gasteiger charge is -2.36. The van der Waals surface area contributed by atoms with Gasteiger partial charge in [-0.3, -0.25) is 0 Å². The molecule has 0 atom stereocenters. The minimum absolute atomic E-state index is 0.0491. The Morgan fingerprint density at radius 2 is 2.17 bits per heavy atom. The van der Waals surface area contributed by atoms with Gasteiger partial charge in [0.25, 0.3) is 0 Å². The van der Waals surface area contributed by atoms with Crippen molar-refractivity contribution in [3.63, 3.8) is 0 Å². The van der Waals surface area contributed by atoms with Crippen molar-refractivity contribution >= 4 is 27.6 Å². The van der Waals surface area contributed by atoms with E-state index in [-0.39, 0.29) is 9.64 Å². The van der Waals surface area contributed by atoms with Crippen LogP contribution in [0.4, 0.5) is 5.82 Å². The van der Waals surface area contributed by atoms with E-state index in [1.54, 1.807) is 11.8 Å². The lowest BCUT2D eigenvalue weighted by molar-refractivity contribution is 0.387. The van der Waals surface area contributed by atoms with Gasteiger partial charge in [-0.25, -0.2) is 13.4 Å². The van der Waals surface area contributed by atoms with Gasteiger partial charge in [0.15, 0.2) is 0 Å². The first kappa shape index (κ1) is 13.6. The molecule has 2 N–H and O–H groups in total. The average molecular weight is 287 g/mol. The highest BCUT2D eigenvalue weighted by Gasteiger charge is 2.34. The first-order valence-corrected chi connectivity index (χ1v) is 8.09. The maximum absolute atomic E-state index is 12.4. The van der Waals surface area contributed by atoms with Crippen LogP contribution < -0.4 is 5.73 Å². The van der Waals surface area contributed by atoms with Crippen molar-refractivity contribution in [2.45, 2.75) is 23.5 Å². The Hall–Kier alpha value is -0.790. The van der Waals surface area contributed by atoms with Crippen molar-refractivity contribution < 1.29 is 8.42 Å². The third-order valence-corrected chi connectivity index (χ3v) is 5.91. The summed E-state index contributed by atoms with van der Waals surface area (Å²) in [5.41, 5.74) is 5.47. The number of pyridine rings is 1. The van der Waals surface area contributed by atoms with E-state index in [9.17, 15) is 8.42 Å². The van der Waals surface area contributed by atoms with Crippen LogP contribution in [0.25, 0.3) is 0 Å². The number of nitrogens with zero attached hydrogens (tertiary/aromatic N) is 2. The fourth-order valence-corrected chi connectivity index (χ4v) is 4.73. The molecule has 0 aliphatic carbocycles. The monoisotopic (exact) mass is 287 g/mol. The Morgan fingerprint density at radius 1 is 1.44 bits per heavy atom. The molecule has 0 unspecified atom stereocenters. The number of nitrogen functional groups attached to an aromatic ring is 1. The third-order valence-electron chi connectivity index (χ3n) is 2.79. The van der Waals surface area contributed by atoms with Gasteiger partial charge in [0.2, 0.25) is 10.0 Å². The molecular formula is C11H17N3O2S2. The van der Waals surface area contributed by atoms with Crippen LogP contribution in [0.5, 0.6) is 0 Å². The van der Waals surface area contributed by atoms with Gasteiger partial charge in [-0.1, -0.05) is 0 Å². The zero-order valence-electron chi connectivity index (χ0n) is 10.5. The van der Waals surface area contributed by atoms with Gasteiger partial charge >= 0.3 is 0 Å². The molecule has 0 aromatic carbocycles. The molecule has 0 saturated carbocycles. The second-order valence-electron chi connectivity index (χ2n) is 4.87. The molecule has 2 rings (SSSR count). The van der Waals surface area contributed by atoms with Crippen LogP contribution in [0, 0.1) is 0 Å². The summed E-state index contributed by atoms with van der Waals surface area (Å²) in [6.45, 7) is 5.17. The smallest absolute Gasteiger partial charge is 0.244 e. The molecule has 1 aliphatic rings. The largest absolute Gasteiger partial charge is 0.384 e. The summed E-state index contributed by atoms with van der Waals surface area (Å²) < 4.78 is 26.3. The van der Waals surface area contributed by atoms with E-state index in [0.717, 1.165) is 5.75 Å². The highest BCUT2D eigenvalue weighted by molar-refractivity contribution is 8.00. The van der Waals surface area contributed by atoms with E-state index >= 15 is 0 Å². The number of hydrogen-bond acceptors (Lipinski definition) is 5. The summed E-state index contributed by atoms with van der Waals surface area (Å²) in [6, 6.07) is 3.02. The van der Waals surface area contributed by atoms with Gasteiger partial charge in [0, 0.05) is 29.8 Å². The van der Waals surface area contributed by atoms with Gasteiger partial charge in [0.05, 0.1) is 0 Å². The van der Waals surface area contributed by atoms with Crippen LogP contribution in [0.2, 0.25) is 0 Å². The average Bonchev–Trinajstić information content (AvgIpc) is 2.28. The Morgan fingerprint density at radius 3 is 2.72 bits per heavy atom. The minimum atomic E-state index is -3.45. The van der Waals surface area contributed by atoms with E-state index in [1.165, 1.54) is 22.6 Å². The van der Waals surface area contributed by atoms with Crippen molar-refractivity contribution in [1.82, 2.24) is 9.29 Å². The number of nitrogens with two attached hydrogens (primary N) is 1. The molecule has 100 valence electrons. The Kier molecular flexibility index (Phi) is 3.57. The predicted molar refractivity (Wildman–Crippen MR) is 73.9 cm³/mol. The van der Waals surface area contributed by atoms with Crippen LogP contribution in [0.3, 0.4) is 0 Å². The van der Waals surface area contributed by atoms with Crippen LogP contribution in [0.15, 0.2) is 23.2 Å². The van der Waals surface area contributed by atoms with Gasteiger partial charge in [-0.05, 0) is 26.0 Å². The van der Waals surface area contributed by atoms with Crippen molar-refractivity contribution in [2.24, 2.45) is 0 Å². The minimum Gasteiger partial charge on any atom is -0.384 e. The molecule has 0 bridgehead atoms. The summed E-state index contributed by atoms with van der Waals surface area (Å²) in [5, 5.41) is 0. The van der Waals surface area contributed by atoms with Crippen molar-refractivity contribution in [1.29, 1.82) is 0 Å². The van der Waals surface area contributed by atoms with Crippen molar-refractivity contribution in [2.75, 3.05) is 24.6 Å². The maximum atomic E-state index is 12.4. The van der Waals surface area contributed by atoms with E-state index in [4.69, 9.17) is 5.73 Å². The fourth-order valence-electron chi connectivity index (χ4n) is 1.87. The molecule has 1 saturated heterocycles. The summed E-state index contributed by atoms with van der Waals surface area (Å²) in [4.78, 5) is 4.05. The molecule has 1 aromatic rings. The number of thioether (sulfide) groups is 1. The lowest BCUT2D eigenvalue weighted by Crippen LogP contribution is -2.46. The summed E-state index contributed by atoms with van der Waals surface area (Å²) in [5.74, 6) is 1.14. The quantitative estimate of drug-likeness (QED) is 0.884. The highest BCUT2D eigenvalue weighted by atomic mass is 32.2. The fraction of sp³-hybridized carbons (Fsp3) is 0.545. The van der Waals surface area contributed by atoms with Crippen LogP contribution in [-0.2, 0) is 10.0 Å². The molecule has 2 heterocycles. The van der Waals surface area contributed by atoms with Crippen molar-refractivity contribution in [3.8, 4) is 0 Å². The number of hydrogen-bond donors (Lipinski definition) is 1. The SMILES string of the molecule is CC1(C)CN(S(=O)(=O)c2ccc(N)nc2)CCS1. The molecule has 0 spiro atoms. The summed E-state index contributed by atoms with van der Waals surface area (Å²) >= 11 is 1.80. The Bertz CT molecular complexity index is 526. The molecule has 0 radical (unpaired) electrons. The molecule has 5 nitrogen and oxygen atoms in total. The summed E-state index contributed by atoms with van der Waals surface area (Å²) in [6.07, 6.45) is 1.32. The molecule has 7 heteroatoms. The zero-order chi connectivity index (χ0) is 13.4. The van der Waals surface area contributed by atoms with E-state index in [0.29, 0.717) is 18.9 Å². The van der Waals surface area contributed by atoms with E-state index in [1.807, 2.05) is 0 Å². The number of rotatable bonds is 2. The Labute approximate surface area is 112 Å². The highest BCUT2D eigenvalue weighted by Crippen LogP contribution is 2.32. The maximum Gasteiger partial charge on any atom is 0.244 e. The number of sulfonamides is 1. The van der Waals surface area contributed by atoms with Gasteiger partial charge in [0.1, 0.15) is 10.7 Å². The normalized spacial score (nSPS) is 20.8. The molecule has 1 aromatic heterocycles. The second kappa shape index (κ2) is 4.71. The molecule has 1 aliphatic heterocycles. The molecule has 0 amide bonds. The zero-order valence-corrected chi connectivity index (χ0v) is 12.1. The van der Waals surface area contributed by atoms with E-state index in [2.05, 4.69) is 18.8 Å². The van der Waals surface area contributed by atoms with Gasteiger partial charge < -0.3 is 5.73 Å². The van der Waals surface area contributed by atoms with Crippen LogP contribution >= 0.6 is 11.8 Å².